The van der Waals surface area contributed by atoms with Crippen LogP contribution in [0.25, 0.3) is 6.08 Å². The predicted molar refractivity (Wildman–Crippen MR) is 60.0 cm³/mol. The summed E-state index contributed by atoms with van der Waals surface area (Å²) in [4.78, 5) is 0. The highest BCUT2D eigenvalue weighted by Crippen LogP contribution is 2.07. The molecule has 0 heterocycles. The maximum atomic E-state index is 5.02. The smallest absolute Gasteiger partial charge is 0.0713 e. The fraction of sp³-hybridized carbons (Fsp3) is 0.273. The van der Waals surface area contributed by atoms with Gasteiger partial charge in [-0.2, -0.15) is 0 Å². The molecule has 13 heavy (non-hydrogen) atoms. The Morgan fingerprint density at radius 1 is 1.31 bits per heavy atom. The van der Waals surface area contributed by atoms with Crippen LogP contribution in [0.15, 0.2) is 30.3 Å². The molecule has 0 aromatic heterocycles. The maximum Gasteiger partial charge on any atom is 0.0713 e. The fourth-order valence-corrected chi connectivity index (χ4v) is 1.26. The SMILES string of the molecule is COCc1ccc(C=CCBr)cc1. The number of benzene rings is 1. The summed E-state index contributed by atoms with van der Waals surface area (Å²) in [5.41, 5.74) is 2.43. The van der Waals surface area contributed by atoms with Gasteiger partial charge in [0.05, 0.1) is 6.61 Å². The molecule has 0 atom stereocenters. The van der Waals surface area contributed by atoms with E-state index in [1.807, 2.05) is 0 Å². The average Bonchev–Trinajstić information content (AvgIpc) is 2.17. The van der Waals surface area contributed by atoms with Gasteiger partial charge in [0.1, 0.15) is 0 Å². The van der Waals surface area contributed by atoms with E-state index in [1.54, 1.807) is 7.11 Å². The Morgan fingerprint density at radius 2 is 2.00 bits per heavy atom. The largest absolute Gasteiger partial charge is 0.380 e. The first-order chi connectivity index (χ1) is 6.36. The van der Waals surface area contributed by atoms with E-state index in [0.717, 1.165) is 5.33 Å². The zero-order chi connectivity index (χ0) is 9.52. The van der Waals surface area contributed by atoms with Crippen molar-refractivity contribution in [3.8, 4) is 0 Å². The molecule has 2 heteroatoms. The molecule has 0 aliphatic heterocycles. The van der Waals surface area contributed by atoms with E-state index in [4.69, 9.17) is 4.74 Å². The number of methoxy groups -OCH3 is 1. The lowest BCUT2D eigenvalue weighted by atomic mass is 10.1. The minimum absolute atomic E-state index is 0.683. The van der Waals surface area contributed by atoms with Crippen LogP contribution < -0.4 is 0 Å². The zero-order valence-corrected chi connectivity index (χ0v) is 9.25. The fourth-order valence-electron chi connectivity index (χ4n) is 1.07. The normalized spacial score (nSPS) is 10.9. The van der Waals surface area contributed by atoms with Crippen molar-refractivity contribution < 1.29 is 4.74 Å². The Balaban J connectivity index is 2.64. The first kappa shape index (κ1) is 10.5. The Kier molecular flexibility index (Phi) is 4.79. The van der Waals surface area contributed by atoms with Gasteiger partial charge in [0, 0.05) is 12.4 Å². The van der Waals surface area contributed by atoms with Gasteiger partial charge in [0.2, 0.25) is 0 Å². The molecule has 0 unspecified atom stereocenters. The summed E-state index contributed by atoms with van der Waals surface area (Å²) < 4.78 is 5.02. The molecule has 1 aromatic rings. The molecule has 0 saturated heterocycles. The van der Waals surface area contributed by atoms with E-state index in [2.05, 4.69) is 52.3 Å². The lowest BCUT2D eigenvalue weighted by Gasteiger charge is -1.99. The molecule has 1 nitrogen and oxygen atoms in total. The van der Waals surface area contributed by atoms with Crippen LogP contribution in [0.3, 0.4) is 0 Å². The molecule has 0 aliphatic rings. The maximum absolute atomic E-state index is 5.02. The van der Waals surface area contributed by atoms with E-state index in [0.29, 0.717) is 6.61 Å². The zero-order valence-electron chi connectivity index (χ0n) is 7.66. The van der Waals surface area contributed by atoms with Gasteiger partial charge in [-0.3, -0.25) is 0 Å². The molecule has 1 aromatic carbocycles. The quantitative estimate of drug-likeness (QED) is 0.735. The highest BCUT2D eigenvalue weighted by Gasteiger charge is 1.90. The van der Waals surface area contributed by atoms with Crippen LogP contribution in [0, 0.1) is 0 Å². The van der Waals surface area contributed by atoms with Crippen LogP contribution in [0.5, 0.6) is 0 Å². The summed E-state index contributed by atoms with van der Waals surface area (Å²) in [6, 6.07) is 8.34. The van der Waals surface area contributed by atoms with Crippen LogP contribution in [-0.4, -0.2) is 12.4 Å². The molecule has 70 valence electrons. The number of halogens is 1. The lowest BCUT2D eigenvalue weighted by molar-refractivity contribution is 0.185. The van der Waals surface area contributed by atoms with Gasteiger partial charge in [-0.15, -0.1) is 0 Å². The highest BCUT2D eigenvalue weighted by atomic mass is 79.9. The summed E-state index contributed by atoms with van der Waals surface area (Å²) in [6.07, 6.45) is 4.16. The van der Waals surface area contributed by atoms with Gasteiger partial charge in [0.25, 0.3) is 0 Å². The molecular formula is C11H13BrO. The number of hydrogen-bond acceptors (Lipinski definition) is 1. The van der Waals surface area contributed by atoms with Crippen molar-refractivity contribution in [1.29, 1.82) is 0 Å². The first-order valence-corrected chi connectivity index (χ1v) is 5.29. The first-order valence-electron chi connectivity index (χ1n) is 4.17. The minimum Gasteiger partial charge on any atom is -0.380 e. The van der Waals surface area contributed by atoms with Gasteiger partial charge in [0.15, 0.2) is 0 Å². The molecule has 1 rings (SSSR count). The second-order valence-corrected chi connectivity index (χ2v) is 3.38. The van der Waals surface area contributed by atoms with E-state index in [-0.39, 0.29) is 0 Å². The molecule has 0 aliphatic carbocycles. The van der Waals surface area contributed by atoms with Crippen LogP contribution in [0.2, 0.25) is 0 Å². The van der Waals surface area contributed by atoms with Crippen molar-refractivity contribution in [1.82, 2.24) is 0 Å². The molecule has 0 radical (unpaired) electrons. The van der Waals surface area contributed by atoms with Crippen molar-refractivity contribution in [2.24, 2.45) is 0 Å². The average molecular weight is 241 g/mol. The summed E-state index contributed by atoms with van der Waals surface area (Å²) in [6.45, 7) is 0.683. The van der Waals surface area contributed by atoms with E-state index >= 15 is 0 Å². The van der Waals surface area contributed by atoms with Gasteiger partial charge in [-0.25, -0.2) is 0 Å². The van der Waals surface area contributed by atoms with Gasteiger partial charge >= 0.3 is 0 Å². The Hall–Kier alpha value is -0.600. The van der Waals surface area contributed by atoms with Crippen molar-refractivity contribution in [3.05, 3.63) is 41.5 Å². The second-order valence-electron chi connectivity index (χ2n) is 2.73. The molecule has 0 saturated carbocycles. The molecule has 0 N–H and O–H groups in total. The molecule has 0 bridgehead atoms. The summed E-state index contributed by atoms with van der Waals surface area (Å²) in [5, 5.41) is 0.896. The molecule has 0 fully saturated rings. The van der Waals surface area contributed by atoms with Crippen LogP contribution in [0.4, 0.5) is 0 Å². The monoisotopic (exact) mass is 240 g/mol. The summed E-state index contributed by atoms with van der Waals surface area (Å²) in [7, 11) is 1.71. The van der Waals surface area contributed by atoms with Gasteiger partial charge < -0.3 is 4.74 Å². The summed E-state index contributed by atoms with van der Waals surface area (Å²) >= 11 is 3.34. The van der Waals surface area contributed by atoms with E-state index in [1.165, 1.54) is 11.1 Å². The third kappa shape index (κ3) is 3.75. The number of rotatable bonds is 4. The summed E-state index contributed by atoms with van der Waals surface area (Å²) in [5.74, 6) is 0. The molecular weight excluding hydrogens is 228 g/mol. The Morgan fingerprint density at radius 3 is 2.54 bits per heavy atom. The van der Waals surface area contributed by atoms with Crippen molar-refractivity contribution in [3.63, 3.8) is 0 Å². The minimum atomic E-state index is 0.683. The number of hydrogen-bond donors (Lipinski definition) is 0. The van der Waals surface area contributed by atoms with Crippen molar-refractivity contribution in [2.45, 2.75) is 6.61 Å². The van der Waals surface area contributed by atoms with Crippen LogP contribution in [-0.2, 0) is 11.3 Å². The predicted octanol–water partition coefficient (Wildman–Crippen LogP) is 3.24. The van der Waals surface area contributed by atoms with E-state index < -0.39 is 0 Å². The third-order valence-corrected chi connectivity index (χ3v) is 2.06. The molecule has 0 amide bonds. The van der Waals surface area contributed by atoms with Crippen LogP contribution >= 0.6 is 15.9 Å². The Labute approximate surface area is 87.5 Å². The van der Waals surface area contributed by atoms with Gasteiger partial charge in [-0.05, 0) is 11.1 Å². The number of ether oxygens (including phenoxy) is 1. The topological polar surface area (TPSA) is 9.23 Å². The van der Waals surface area contributed by atoms with E-state index in [9.17, 15) is 0 Å². The number of allylic oxidation sites excluding steroid dienone is 1. The highest BCUT2D eigenvalue weighted by molar-refractivity contribution is 9.09. The molecule has 0 spiro atoms. The Bertz CT molecular complexity index is 264. The van der Waals surface area contributed by atoms with Gasteiger partial charge in [-0.1, -0.05) is 52.3 Å². The van der Waals surface area contributed by atoms with Crippen molar-refractivity contribution in [2.75, 3.05) is 12.4 Å². The number of alkyl halides is 1. The van der Waals surface area contributed by atoms with Crippen molar-refractivity contribution >= 4 is 22.0 Å². The van der Waals surface area contributed by atoms with Crippen LogP contribution in [0.1, 0.15) is 11.1 Å². The third-order valence-electron chi connectivity index (χ3n) is 1.69. The second kappa shape index (κ2) is 5.95. The standard InChI is InChI=1S/C11H13BrO/c1-13-9-11-6-4-10(5-7-11)3-2-8-12/h2-7H,8-9H2,1H3. The lowest BCUT2D eigenvalue weighted by Crippen LogP contribution is -1.86.